The summed E-state index contributed by atoms with van der Waals surface area (Å²) in [5.41, 5.74) is 0.940. The average molecular weight is 214 g/mol. The van der Waals surface area contributed by atoms with E-state index in [0.717, 1.165) is 10.6 Å². The Balaban J connectivity index is 2.56. The van der Waals surface area contributed by atoms with Crippen LogP contribution in [0.15, 0.2) is 0 Å². The van der Waals surface area contributed by atoms with Crippen LogP contribution in [-0.2, 0) is 4.74 Å². The molecule has 0 aliphatic carbocycles. The maximum absolute atomic E-state index is 11.2. The first kappa shape index (κ1) is 11.0. The molecule has 1 rings (SSSR count). The van der Waals surface area contributed by atoms with Crippen molar-refractivity contribution < 1.29 is 9.53 Å². The maximum Gasteiger partial charge on any atom is 0.413 e. The molecule has 1 amide bonds. The zero-order valence-corrected chi connectivity index (χ0v) is 9.57. The molecule has 0 aromatic carbocycles. The topological polar surface area (TPSA) is 51.2 Å². The van der Waals surface area contributed by atoms with Crippen LogP contribution in [0.1, 0.15) is 24.4 Å². The summed E-state index contributed by atoms with van der Waals surface area (Å²) in [6.07, 6.45) is -0.564. The number of hydrogen-bond acceptors (Lipinski definition) is 4. The lowest BCUT2D eigenvalue weighted by Crippen LogP contribution is -2.17. The number of carbonyl (C=O) groups is 1. The Kier molecular flexibility index (Phi) is 3.46. The van der Waals surface area contributed by atoms with Crippen molar-refractivity contribution in [3.63, 3.8) is 0 Å². The van der Waals surface area contributed by atoms with Gasteiger partial charge in [-0.3, -0.25) is 5.32 Å². The zero-order valence-electron chi connectivity index (χ0n) is 8.75. The van der Waals surface area contributed by atoms with Gasteiger partial charge in [0.2, 0.25) is 0 Å². The van der Waals surface area contributed by atoms with Crippen LogP contribution in [0.5, 0.6) is 0 Å². The molecule has 1 aromatic rings. The first-order valence-corrected chi connectivity index (χ1v) is 5.22. The number of thiazole rings is 1. The number of rotatable bonds is 2. The van der Waals surface area contributed by atoms with Gasteiger partial charge in [-0.15, -0.1) is 11.3 Å². The van der Waals surface area contributed by atoms with Crippen LogP contribution in [-0.4, -0.2) is 17.2 Å². The molecule has 5 heteroatoms. The normalized spacial score (nSPS) is 10.4. The number of aryl methyl sites for hydroxylation is 2. The molecule has 0 bridgehead atoms. The monoisotopic (exact) mass is 214 g/mol. The number of carbonyl (C=O) groups excluding carboxylic acids is 1. The van der Waals surface area contributed by atoms with Gasteiger partial charge in [-0.2, -0.15) is 0 Å². The minimum atomic E-state index is -0.450. The van der Waals surface area contributed by atoms with E-state index in [0.29, 0.717) is 5.13 Å². The first-order chi connectivity index (χ1) is 6.49. The average Bonchev–Trinajstić information content (AvgIpc) is 2.28. The van der Waals surface area contributed by atoms with E-state index in [-0.39, 0.29) is 6.10 Å². The summed E-state index contributed by atoms with van der Waals surface area (Å²) < 4.78 is 4.92. The lowest BCUT2D eigenvalue weighted by molar-refractivity contribution is 0.130. The van der Waals surface area contributed by atoms with Crippen molar-refractivity contribution in [3.05, 3.63) is 10.6 Å². The zero-order chi connectivity index (χ0) is 10.7. The van der Waals surface area contributed by atoms with Gasteiger partial charge in [0.1, 0.15) is 0 Å². The number of anilines is 1. The molecular formula is C9H14N2O2S. The standard InChI is InChI=1S/C9H14N2O2S/c1-5(2)13-9(12)11-8-10-6(3)7(4)14-8/h5H,1-4H3,(H,10,11,12). The molecule has 1 heterocycles. The third-order valence-electron chi connectivity index (χ3n) is 1.58. The predicted octanol–water partition coefficient (Wildman–Crippen LogP) is 2.72. The lowest BCUT2D eigenvalue weighted by atomic mass is 10.4. The van der Waals surface area contributed by atoms with Gasteiger partial charge in [0.25, 0.3) is 0 Å². The molecule has 0 saturated heterocycles. The molecule has 4 nitrogen and oxygen atoms in total. The molecule has 0 fully saturated rings. The van der Waals surface area contributed by atoms with E-state index in [9.17, 15) is 4.79 Å². The number of aromatic nitrogens is 1. The SMILES string of the molecule is Cc1nc(NC(=O)OC(C)C)sc1C. The van der Waals surface area contributed by atoms with Crippen molar-refractivity contribution in [2.24, 2.45) is 0 Å². The predicted molar refractivity (Wildman–Crippen MR) is 56.8 cm³/mol. The van der Waals surface area contributed by atoms with Gasteiger partial charge >= 0.3 is 6.09 Å². The highest BCUT2D eigenvalue weighted by Gasteiger charge is 2.09. The molecule has 0 atom stereocenters. The summed E-state index contributed by atoms with van der Waals surface area (Å²) in [5.74, 6) is 0. The summed E-state index contributed by atoms with van der Waals surface area (Å²) in [6, 6.07) is 0. The molecule has 1 aromatic heterocycles. The van der Waals surface area contributed by atoms with Gasteiger partial charge in [-0.1, -0.05) is 0 Å². The summed E-state index contributed by atoms with van der Waals surface area (Å²) in [6.45, 7) is 7.48. The van der Waals surface area contributed by atoms with Gasteiger partial charge in [-0.05, 0) is 27.7 Å². The summed E-state index contributed by atoms with van der Waals surface area (Å²) >= 11 is 1.45. The van der Waals surface area contributed by atoms with Gasteiger partial charge in [-0.25, -0.2) is 9.78 Å². The minimum absolute atomic E-state index is 0.114. The highest BCUT2D eigenvalue weighted by atomic mass is 32.1. The smallest absolute Gasteiger partial charge is 0.413 e. The lowest BCUT2D eigenvalue weighted by Gasteiger charge is -2.06. The van der Waals surface area contributed by atoms with Crippen molar-refractivity contribution in [1.82, 2.24) is 4.98 Å². The quantitative estimate of drug-likeness (QED) is 0.823. The fourth-order valence-electron chi connectivity index (χ4n) is 0.857. The van der Waals surface area contributed by atoms with Crippen LogP contribution in [0.25, 0.3) is 0 Å². The molecule has 0 spiro atoms. The van der Waals surface area contributed by atoms with Gasteiger partial charge in [0.05, 0.1) is 11.8 Å². The molecule has 14 heavy (non-hydrogen) atoms. The Labute approximate surface area is 87.3 Å². The fraction of sp³-hybridized carbons (Fsp3) is 0.556. The molecule has 0 unspecified atom stereocenters. The fourth-order valence-corrected chi connectivity index (χ4v) is 1.66. The van der Waals surface area contributed by atoms with Crippen LogP contribution in [0.4, 0.5) is 9.93 Å². The second-order valence-electron chi connectivity index (χ2n) is 3.24. The molecule has 0 aliphatic rings. The number of hydrogen-bond donors (Lipinski definition) is 1. The van der Waals surface area contributed by atoms with Gasteiger partial charge in [0, 0.05) is 4.88 Å². The van der Waals surface area contributed by atoms with Gasteiger partial charge in [0.15, 0.2) is 5.13 Å². The van der Waals surface area contributed by atoms with E-state index in [4.69, 9.17) is 4.74 Å². The molecular weight excluding hydrogens is 200 g/mol. The van der Waals surface area contributed by atoms with Gasteiger partial charge < -0.3 is 4.74 Å². The van der Waals surface area contributed by atoms with Crippen LogP contribution < -0.4 is 5.32 Å². The molecule has 78 valence electrons. The summed E-state index contributed by atoms with van der Waals surface area (Å²) in [7, 11) is 0. The van der Waals surface area contributed by atoms with Crippen molar-refractivity contribution in [2.45, 2.75) is 33.8 Å². The summed E-state index contributed by atoms with van der Waals surface area (Å²) in [5, 5.41) is 3.17. The minimum Gasteiger partial charge on any atom is -0.447 e. The van der Waals surface area contributed by atoms with E-state index in [2.05, 4.69) is 10.3 Å². The van der Waals surface area contributed by atoms with Crippen molar-refractivity contribution >= 4 is 22.6 Å². The molecule has 0 saturated carbocycles. The largest absolute Gasteiger partial charge is 0.447 e. The van der Waals surface area contributed by atoms with Crippen molar-refractivity contribution in [3.8, 4) is 0 Å². The van der Waals surface area contributed by atoms with Crippen molar-refractivity contribution in [2.75, 3.05) is 5.32 Å². The first-order valence-electron chi connectivity index (χ1n) is 4.40. The summed E-state index contributed by atoms with van der Waals surface area (Å²) in [4.78, 5) is 16.4. The Morgan fingerprint density at radius 2 is 2.14 bits per heavy atom. The second-order valence-corrected chi connectivity index (χ2v) is 4.44. The molecule has 1 N–H and O–H groups in total. The van der Waals surface area contributed by atoms with E-state index in [1.54, 1.807) is 13.8 Å². The Morgan fingerprint density at radius 1 is 1.50 bits per heavy atom. The Hall–Kier alpha value is -1.10. The van der Waals surface area contributed by atoms with E-state index < -0.39 is 6.09 Å². The van der Waals surface area contributed by atoms with E-state index in [1.165, 1.54) is 11.3 Å². The maximum atomic E-state index is 11.2. The van der Waals surface area contributed by atoms with Crippen molar-refractivity contribution in [1.29, 1.82) is 0 Å². The third kappa shape index (κ3) is 2.99. The number of nitrogens with zero attached hydrogens (tertiary/aromatic N) is 1. The highest BCUT2D eigenvalue weighted by Crippen LogP contribution is 2.21. The van der Waals surface area contributed by atoms with Crippen LogP contribution in [0.3, 0.4) is 0 Å². The molecule has 0 aliphatic heterocycles. The highest BCUT2D eigenvalue weighted by molar-refractivity contribution is 7.15. The second kappa shape index (κ2) is 4.41. The van der Waals surface area contributed by atoms with Crippen LogP contribution >= 0.6 is 11.3 Å². The van der Waals surface area contributed by atoms with E-state index in [1.807, 2.05) is 13.8 Å². The third-order valence-corrected chi connectivity index (χ3v) is 2.57. The van der Waals surface area contributed by atoms with E-state index >= 15 is 0 Å². The Bertz CT molecular complexity index is 314. The number of amides is 1. The molecule has 0 radical (unpaired) electrons. The number of nitrogens with one attached hydrogen (secondary N) is 1. The van der Waals surface area contributed by atoms with Crippen LogP contribution in [0.2, 0.25) is 0 Å². The Morgan fingerprint density at radius 3 is 2.57 bits per heavy atom. The number of ether oxygens (including phenoxy) is 1. The van der Waals surface area contributed by atoms with Crippen LogP contribution in [0, 0.1) is 13.8 Å².